The number of carbonyl (C=O) groups excluding carboxylic acids is 1. The van der Waals surface area contributed by atoms with Crippen LogP contribution in [-0.2, 0) is 23.7 Å². The van der Waals surface area contributed by atoms with Crippen molar-refractivity contribution >= 4 is 5.97 Å². The number of hydrogen-bond acceptors (Lipinski definition) is 9. The summed E-state index contributed by atoms with van der Waals surface area (Å²) in [6.45, 7) is 4.30. The fourth-order valence-corrected chi connectivity index (χ4v) is 8.02. The second kappa shape index (κ2) is 52.5. The number of esters is 1. The maximum absolute atomic E-state index is 12.9. The van der Waals surface area contributed by atoms with Gasteiger partial charge < -0.3 is 39.4 Å². The van der Waals surface area contributed by atoms with Gasteiger partial charge in [0.25, 0.3) is 0 Å². The summed E-state index contributed by atoms with van der Waals surface area (Å²) in [7, 11) is 0. The molecule has 72 heavy (non-hydrogen) atoms. The van der Waals surface area contributed by atoms with Crippen molar-refractivity contribution in [1.29, 1.82) is 0 Å². The largest absolute Gasteiger partial charge is 0.457 e. The summed E-state index contributed by atoms with van der Waals surface area (Å²) in [6, 6.07) is 0. The van der Waals surface area contributed by atoms with E-state index in [1.165, 1.54) is 70.6 Å². The third-order valence-corrected chi connectivity index (χ3v) is 12.4. The minimum absolute atomic E-state index is 0.128. The Morgan fingerprint density at radius 3 is 1.21 bits per heavy atom. The van der Waals surface area contributed by atoms with Gasteiger partial charge in [0.2, 0.25) is 0 Å². The van der Waals surface area contributed by atoms with Crippen LogP contribution in [0, 0.1) is 0 Å². The van der Waals surface area contributed by atoms with E-state index in [0.717, 1.165) is 116 Å². The molecule has 6 atom stereocenters. The van der Waals surface area contributed by atoms with Crippen molar-refractivity contribution < 1.29 is 44.2 Å². The number of ether oxygens (including phenoxy) is 4. The van der Waals surface area contributed by atoms with Gasteiger partial charge in [0.05, 0.1) is 19.8 Å². The monoisotopic (exact) mass is 1000 g/mol. The number of allylic oxidation sites excluding steroid dienone is 20. The Bertz CT molecular complexity index is 1520. The lowest BCUT2D eigenvalue weighted by atomic mass is 9.99. The van der Waals surface area contributed by atoms with E-state index in [-0.39, 0.29) is 19.2 Å². The molecule has 0 aromatic carbocycles. The molecule has 0 aliphatic carbocycles. The van der Waals surface area contributed by atoms with Crippen LogP contribution < -0.4 is 0 Å². The summed E-state index contributed by atoms with van der Waals surface area (Å²) >= 11 is 0. The van der Waals surface area contributed by atoms with Crippen molar-refractivity contribution in [2.45, 2.75) is 243 Å². The summed E-state index contributed by atoms with van der Waals surface area (Å²) in [4.78, 5) is 12.9. The first-order chi connectivity index (χ1) is 35.4. The van der Waals surface area contributed by atoms with Crippen LogP contribution in [0.25, 0.3) is 0 Å². The summed E-state index contributed by atoms with van der Waals surface area (Å²) in [5, 5.41) is 40.4. The van der Waals surface area contributed by atoms with Crippen LogP contribution in [-0.4, -0.2) is 89.6 Å². The smallest absolute Gasteiger partial charge is 0.306 e. The zero-order valence-electron chi connectivity index (χ0n) is 45.4. The minimum atomic E-state index is -1.55. The van der Waals surface area contributed by atoms with Gasteiger partial charge in [0.1, 0.15) is 30.5 Å². The van der Waals surface area contributed by atoms with E-state index < -0.39 is 43.4 Å². The van der Waals surface area contributed by atoms with Gasteiger partial charge in [-0.1, -0.05) is 219 Å². The van der Waals surface area contributed by atoms with E-state index in [0.29, 0.717) is 13.0 Å². The van der Waals surface area contributed by atoms with Crippen LogP contribution in [0.5, 0.6) is 0 Å². The molecule has 0 spiro atoms. The van der Waals surface area contributed by atoms with E-state index in [4.69, 9.17) is 18.9 Å². The highest BCUT2D eigenvalue weighted by molar-refractivity contribution is 5.69. The van der Waals surface area contributed by atoms with Gasteiger partial charge in [-0.05, 0) is 103 Å². The number of rotatable bonds is 48. The summed E-state index contributed by atoms with van der Waals surface area (Å²) in [5.41, 5.74) is 0. The molecule has 0 radical (unpaired) electrons. The van der Waals surface area contributed by atoms with Crippen LogP contribution in [0.1, 0.15) is 206 Å². The van der Waals surface area contributed by atoms with Gasteiger partial charge in [-0.15, -0.1) is 0 Å². The Morgan fingerprint density at radius 2 is 0.806 bits per heavy atom. The first-order valence-electron chi connectivity index (χ1n) is 28.6. The van der Waals surface area contributed by atoms with Gasteiger partial charge in [-0.2, -0.15) is 0 Å². The molecular formula is C63H104O9. The summed E-state index contributed by atoms with van der Waals surface area (Å²) in [5.74, 6) is -0.333. The standard InChI is InChI=1S/C63H104O9/c1-3-5-7-9-11-13-15-17-19-21-23-25-27-29-30-32-34-36-38-40-42-44-46-48-50-52-59(65)71-57(56-70-63-62(68)61(67)60(66)58(54-64)72-63)55-69-53-51-49-47-45-43-41-39-37-35-33-31-28-26-24-22-20-18-16-14-12-10-8-6-4-2/h5-8,11-14,17-20,23-26,29-30,34,36,57-58,60-64,66-68H,3-4,9-10,15-16,21-22,27-28,31-33,35,37-56H2,1-2H3/b7-5-,8-6-,13-11-,14-12-,19-17-,20-18-,25-23-,26-24-,30-29-,36-34-. The van der Waals surface area contributed by atoms with Crippen molar-refractivity contribution in [2.75, 3.05) is 26.4 Å². The van der Waals surface area contributed by atoms with E-state index in [9.17, 15) is 25.2 Å². The van der Waals surface area contributed by atoms with Crippen LogP contribution in [0.15, 0.2) is 122 Å². The fourth-order valence-electron chi connectivity index (χ4n) is 8.02. The van der Waals surface area contributed by atoms with Crippen molar-refractivity contribution in [1.82, 2.24) is 0 Å². The van der Waals surface area contributed by atoms with Gasteiger partial charge in [-0.25, -0.2) is 0 Å². The van der Waals surface area contributed by atoms with Crippen LogP contribution in [0.3, 0.4) is 0 Å². The molecule has 1 saturated heterocycles. The molecule has 0 saturated carbocycles. The van der Waals surface area contributed by atoms with Crippen LogP contribution in [0.2, 0.25) is 0 Å². The Balaban J connectivity index is 2.20. The fraction of sp³-hybridized carbons (Fsp3) is 0.667. The average Bonchev–Trinajstić information content (AvgIpc) is 3.38. The van der Waals surface area contributed by atoms with Crippen molar-refractivity contribution in [2.24, 2.45) is 0 Å². The van der Waals surface area contributed by atoms with Crippen LogP contribution >= 0.6 is 0 Å². The molecule has 6 unspecified atom stereocenters. The van der Waals surface area contributed by atoms with E-state index in [2.05, 4.69) is 135 Å². The highest BCUT2D eigenvalue weighted by atomic mass is 16.7. The number of aliphatic hydroxyl groups excluding tert-OH is 4. The summed E-state index contributed by atoms with van der Waals surface area (Å²) < 4.78 is 23.0. The highest BCUT2D eigenvalue weighted by Gasteiger charge is 2.44. The molecule has 9 heteroatoms. The zero-order valence-corrected chi connectivity index (χ0v) is 45.4. The van der Waals surface area contributed by atoms with Crippen molar-refractivity contribution in [3.05, 3.63) is 122 Å². The molecule has 1 rings (SSSR count). The van der Waals surface area contributed by atoms with E-state index in [1.807, 2.05) is 0 Å². The lowest BCUT2D eigenvalue weighted by Gasteiger charge is -2.39. The maximum atomic E-state index is 12.9. The number of hydrogen-bond donors (Lipinski definition) is 4. The minimum Gasteiger partial charge on any atom is -0.457 e. The Hall–Kier alpha value is -3.41. The maximum Gasteiger partial charge on any atom is 0.306 e. The van der Waals surface area contributed by atoms with Gasteiger partial charge in [-0.3, -0.25) is 4.79 Å². The lowest BCUT2D eigenvalue weighted by Crippen LogP contribution is -2.59. The molecule has 9 nitrogen and oxygen atoms in total. The SMILES string of the molecule is CC/C=C\C/C=C\C/C=C\C/C=C\C/C=C\C/C=C\CCCCCCCCC(=O)OC(COCCCCCCCCCCCCC/C=C\C/C=C\C/C=C\C/C=C\CC)COC1OC(CO)C(O)C(O)C1O. The van der Waals surface area contributed by atoms with Gasteiger partial charge in [0, 0.05) is 13.0 Å². The van der Waals surface area contributed by atoms with Gasteiger partial charge >= 0.3 is 5.97 Å². The molecule has 1 heterocycles. The Labute approximate surface area is 439 Å². The molecule has 410 valence electrons. The van der Waals surface area contributed by atoms with Crippen molar-refractivity contribution in [3.8, 4) is 0 Å². The third kappa shape index (κ3) is 42.0. The number of carbonyl (C=O) groups is 1. The molecule has 0 aromatic rings. The normalized spacial score (nSPS) is 19.7. The predicted molar refractivity (Wildman–Crippen MR) is 302 cm³/mol. The van der Waals surface area contributed by atoms with Crippen LogP contribution in [0.4, 0.5) is 0 Å². The average molecular weight is 1010 g/mol. The van der Waals surface area contributed by atoms with Gasteiger partial charge in [0.15, 0.2) is 6.29 Å². The molecule has 1 aliphatic rings. The first-order valence-corrected chi connectivity index (χ1v) is 28.6. The molecule has 4 N–H and O–H groups in total. The quantitative estimate of drug-likeness (QED) is 0.0267. The first kappa shape index (κ1) is 66.6. The zero-order chi connectivity index (χ0) is 52.1. The second-order valence-corrected chi connectivity index (χ2v) is 19.0. The number of aliphatic hydroxyl groups is 4. The molecule has 0 amide bonds. The lowest BCUT2D eigenvalue weighted by molar-refractivity contribution is -0.305. The van der Waals surface area contributed by atoms with E-state index >= 15 is 0 Å². The number of unbranched alkanes of at least 4 members (excludes halogenated alkanes) is 17. The Morgan fingerprint density at radius 1 is 0.444 bits per heavy atom. The molecule has 1 fully saturated rings. The van der Waals surface area contributed by atoms with Crippen molar-refractivity contribution in [3.63, 3.8) is 0 Å². The molecule has 0 aromatic heterocycles. The Kier molecular flexibility index (Phi) is 48.5. The second-order valence-electron chi connectivity index (χ2n) is 19.0. The topological polar surface area (TPSA) is 135 Å². The summed E-state index contributed by atoms with van der Waals surface area (Å²) in [6.07, 6.45) is 69.5. The predicted octanol–water partition coefficient (Wildman–Crippen LogP) is 15.0. The molecule has 0 bridgehead atoms. The third-order valence-electron chi connectivity index (χ3n) is 12.4. The molecule has 1 aliphatic heterocycles. The highest BCUT2D eigenvalue weighted by Crippen LogP contribution is 2.23. The molecular weight excluding hydrogens is 901 g/mol. The van der Waals surface area contributed by atoms with E-state index in [1.54, 1.807) is 0 Å².